The van der Waals surface area contributed by atoms with Gasteiger partial charge in [0.25, 0.3) is 5.91 Å². The van der Waals surface area contributed by atoms with E-state index in [1.54, 1.807) is 0 Å². The third-order valence-corrected chi connectivity index (χ3v) is 4.26. The molecule has 0 saturated heterocycles. The summed E-state index contributed by atoms with van der Waals surface area (Å²) in [7, 11) is 0. The highest BCUT2D eigenvalue weighted by atomic mass is 19.4. The lowest BCUT2D eigenvalue weighted by Crippen LogP contribution is -2.40. The van der Waals surface area contributed by atoms with Gasteiger partial charge >= 0.3 is 6.18 Å². The molecule has 6 nitrogen and oxygen atoms in total. The zero-order valence-corrected chi connectivity index (χ0v) is 13.3. The monoisotopic (exact) mass is 365 g/mol. The van der Waals surface area contributed by atoms with Crippen molar-refractivity contribution in [2.24, 2.45) is 5.92 Å². The Labute approximate surface area is 146 Å². The molecular formula is C17H14F3N3O3. The van der Waals surface area contributed by atoms with Crippen molar-refractivity contribution >= 4 is 5.91 Å². The molecule has 1 aliphatic rings. The SMILES string of the molecule is N#C[C@@H]1C[C@@H](O)[C@H](NC(=O)c2ncoc2-c2cccc(C(F)(F)F)c2)C1. The standard InChI is InChI=1S/C17H14F3N3O3/c18-17(19,20)11-3-1-2-10(6-11)15-14(22-8-26-15)16(25)23-12-4-9(7-21)5-13(12)24/h1-3,6,8-9,12-13,24H,4-5H2,(H,23,25)/t9-,12+,13+/m0/s1. The summed E-state index contributed by atoms with van der Waals surface area (Å²) in [6.07, 6.45) is -3.89. The number of carbonyl (C=O) groups excluding carboxylic acids is 1. The molecule has 1 aromatic carbocycles. The van der Waals surface area contributed by atoms with Crippen LogP contribution in [0.5, 0.6) is 0 Å². The first kappa shape index (κ1) is 17.9. The highest BCUT2D eigenvalue weighted by Gasteiger charge is 2.35. The van der Waals surface area contributed by atoms with E-state index in [-0.39, 0.29) is 29.4 Å². The number of nitrogens with one attached hydrogen (secondary N) is 1. The summed E-state index contributed by atoms with van der Waals surface area (Å²) in [6, 6.07) is 5.78. The van der Waals surface area contributed by atoms with E-state index in [9.17, 15) is 23.1 Å². The van der Waals surface area contributed by atoms with E-state index in [1.807, 2.05) is 6.07 Å². The number of alkyl halides is 3. The van der Waals surface area contributed by atoms with Gasteiger partial charge in [-0.2, -0.15) is 18.4 Å². The second-order valence-electron chi connectivity index (χ2n) is 6.05. The Morgan fingerprint density at radius 3 is 2.81 bits per heavy atom. The Balaban J connectivity index is 1.83. The summed E-state index contributed by atoms with van der Waals surface area (Å²) in [5.74, 6) is -1.15. The van der Waals surface area contributed by atoms with E-state index in [2.05, 4.69) is 10.3 Å². The van der Waals surface area contributed by atoms with Crippen LogP contribution in [0.3, 0.4) is 0 Å². The van der Waals surface area contributed by atoms with Gasteiger partial charge in [-0.15, -0.1) is 0 Å². The summed E-state index contributed by atoms with van der Waals surface area (Å²) in [4.78, 5) is 16.2. The molecule has 3 rings (SSSR count). The van der Waals surface area contributed by atoms with Crippen LogP contribution in [0, 0.1) is 17.2 Å². The smallest absolute Gasteiger partial charge is 0.416 e. The van der Waals surface area contributed by atoms with Crippen LogP contribution < -0.4 is 5.32 Å². The van der Waals surface area contributed by atoms with Crippen molar-refractivity contribution in [1.82, 2.24) is 10.3 Å². The first-order valence-corrected chi connectivity index (χ1v) is 7.79. The third kappa shape index (κ3) is 3.55. The van der Waals surface area contributed by atoms with Crippen LogP contribution in [-0.4, -0.2) is 28.1 Å². The van der Waals surface area contributed by atoms with Crippen LogP contribution in [0.2, 0.25) is 0 Å². The Kier molecular flexibility index (Phi) is 4.70. The van der Waals surface area contributed by atoms with E-state index < -0.39 is 29.8 Å². The van der Waals surface area contributed by atoms with Gasteiger partial charge < -0.3 is 14.8 Å². The number of amides is 1. The fraction of sp³-hybridized carbons (Fsp3) is 0.353. The number of benzene rings is 1. The molecule has 0 aliphatic heterocycles. The van der Waals surface area contributed by atoms with E-state index >= 15 is 0 Å². The Hall–Kier alpha value is -2.86. The summed E-state index contributed by atoms with van der Waals surface area (Å²) >= 11 is 0. The number of hydrogen-bond acceptors (Lipinski definition) is 5. The van der Waals surface area contributed by atoms with Gasteiger partial charge in [0.2, 0.25) is 0 Å². The van der Waals surface area contributed by atoms with Crippen LogP contribution in [-0.2, 0) is 6.18 Å². The maximum absolute atomic E-state index is 12.9. The number of aromatic nitrogens is 1. The molecule has 3 atom stereocenters. The Bertz CT molecular complexity index is 857. The molecule has 26 heavy (non-hydrogen) atoms. The minimum absolute atomic E-state index is 0.0596. The lowest BCUT2D eigenvalue weighted by Gasteiger charge is -2.15. The highest BCUT2D eigenvalue weighted by molar-refractivity contribution is 5.97. The third-order valence-electron chi connectivity index (χ3n) is 4.26. The zero-order chi connectivity index (χ0) is 18.9. The molecule has 1 amide bonds. The molecule has 1 aromatic heterocycles. The summed E-state index contributed by atoms with van der Waals surface area (Å²) in [6.45, 7) is 0. The van der Waals surface area contributed by atoms with Crippen molar-refractivity contribution in [3.8, 4) is 17.4 Å². The average Bonchev–Trinajstić information content (AvgIpc) is 3.21. The molecular weight excluding hydrogens is 351 g/mol. The van der Waals surface area contributed by atoms with Gasteiger partial charge in [0.1, 0.15) is 0 Å². The molecule has 1 saturated carbocycles. The lowest BCUT2D eigenvalue weighted by atomic mass is 10.1. The molecule has 1 fully saturated rings. The number of aliphatic hydroxyl groups is 1. The fourth-order valence-corrected chi connectivity index (χ4v) is 2.96. The summed E-state index contributed by atoms with van der Waals surface area (Å²) in [5, 5.41) is 21.4. The topological polar surface area (TPSA) is 99.2 Å². The van der Waals surface area contributed by atoms with Gasteiger partial charge in [0.15, 0.2) is 17.8 Å². The number of nitriles is 1. The molecule has 0 unspecified atom stereocenters. The molecule has 1 aliphatic carbocycles. The minimum atomic E-state index is -4.53. The summed E-state index contributed by atoms with van der Waals surface area (Å²) < 4.78 is 43.7. The molecule has 2 aromatic rings. The van der Waals surface area contributed by atoms with Crippen molar-refractivity contribution < 1.29 is 27.5 Å². The normalized spacial score (nSPS) is 22.8. The molecule has 0 bridgehead atoms. The van der Waals surface area contributed by atoms with E-state index in [0.717, 1.165) is 18.5 Å². The van der Waals surface area contributed by atoms with Crippen molar-refractivity contribution in [2.45, 2.75) is 31.2 Å². The van der Waals surface area contributed by atoms with Gasteiger partial charge in [-0.05, 0) is 25.0 Å². The summed E-state index contributed by atoms with van der Waals surface area (Å²) in [5.41, 5.74) is -0.998. The maximum Gasteiger partial charge on any atom is 0.416 e. The van der Waals surface area contributed by atoms with Gasteiger partial charge in [-0.1, -0.05) is 12.1 Å². The molecule has 0 spiro atoms. The number of rotatable bonds is 3. The number of oxazole rings is 1. The van der Waals surface area contributed by atoms with Gasteiger partial charge in [0, 0.05) is 5.56 Å². The van der Waals surface area contributed by atoms with Crippen molar-refractivity contribution in [2.75, 3.05) is 0 Å². The highest BCUT2D eigenvalue weighted by Crippen LogP contribution is 2.33. The van der Waals surface area contributed by atoms with Crippen molar-refractivity contribution in [3.05, 3.63) is 41.9 Å². The molecule has 0 radical (unpaired) electrons. The fourth-order valence-electron chi connectivity index (χ4n) is 2.96. The predicted octanol–water partition coefficient (Wildman–Crippen LogP) is 2.75. The second-order valence-corrected chi connectivity index (χ2v) is 6.05. The van der Waals surface area contributed by atoms with Crippen molar-refractivity contribution in [3.63, 3.8) is 0 Å². The lowest BCUT2D eigenvalue weighted by molar-refractivity contribution is -0.137. The van der Waals surface area contributed by atoms with Crippen LogP contribution in [0.15, 0.2) is 35.1 Å². The number of nitrogens with zero attached hydrogens (tertiary/aromatic N) is 2. The van der Waals surface area contributed by atoms with E-state index in [4.69, 9.17) is 9.68 Å². The maximum atomic E-state index is 12.9. The number of aliphatic hydroxyl groups excluding tert-OH is 1. The number of carbonyl (C=O) groups is 1. The molecule has 1 heterocycles. The predicted molar refractivity (Wildman–Crippen MR) is 82.5 cm³/mol. The first-order valence-electron chi connectivity index (χ1n) is 7.79. The Morgan fingerprint density at radius 1 is 1.38 bits per heavy atom. The van der Waals surface area contributed by atoms with Gasteiger partial charge in [0.05, 0.1) is 29.7 Å². The average molecular weight is 365 g/mol. The van der Waals surface area contributed by atoms with Crippen LogP contribution in [0.1, 0.15) is 28.9 Å². The largest absolute Gasteiger partial charge is 0.443 e. The Morgan fingerprint density at radius 2 is 2.15 bits per heavy atom. The minimum Gasteiger partial charge on any atom is -0.443 e. The molecule has 2 N–H and O–H groups in total. The second kappa shape index (κ2) is 6.80. The van der Waals surface area contributed by atoms with E-state index in [0.29, 0.717) is 6.42 Å². The van der Waals surface area contributed by atoms with E-state index in [1.165, 1.54) is 12.1 Å². The van der Waals surface area contributed by atoms with Crippen LogP contribution in [0.25, 0.3) is 11.3 Å². The number of halogens is 3. The van der Waals surface area contributed by atoms with Gasteiger partial charge in [-0.3, -0.25) is 4.79 Å². The zero-order valence-electron chi connectivity index (χ0n) is 13.3. The van der Waals surface area contributed by atoms with Crippen LogP contribution >= 0.6 is 0 Å². The first-order chi connectivity index (χ1) is 12.3. The van der Waals surface area contributed by atoms with Crippen LogP contribution in [0.4, 0.5) is 13.2 Å². The molecule has 9 heteroatoms. The number of hydrogen-bond donors (Lipinski definition) is 2. The quantitative estimate of drug-likeness (QED) is 0.871. The van der Waals surface area contributed by atoms with Gasteiger partial charge in [-0.25, -0.2) is 4.98 Å². The molecule has 136 valence electrons. The van der Waals surface area contributed by atoms with Crippen molar-refractivity contribution in [1.29, 1.82) is 5.26 Å².